The van der Waals surface area contributed by atoms with Gasteiger partial charge in [0.05, 0.1) is 20.1 Å². The Balaban J connectivity index is 2.14. The normalized spacial score (nSPS) is 12.8. The molecule has 0 heterocycles. The van der Waals surface area contributed by atoms with Crippen LogP contribution in [0.1, 0.15) is 75.1 Å². The predicted octanol–water partition coefficient (Wildman–Crippen LogP) is 11.0. The zero-order valence-corrected chi connectivity index (χ0v) is 27.4. The maximum atomic E-state index is 10.5. The van der Waals surface area contributed by atoms with Crippen LogP contribution in [0.4, 0.5) is 0 Å². The molecule has 4 N–H and O–H groups in total. The van der Waals surface area contributed by atoms with Crippen LogP contribution in [-0.4, -0.2) is 20.4 Å². The minimum atomic E-state index is -0.892. The Hall–Kier alpha value is -2.76. The summed E-state index contributed by atoms with van der Waals surface area (Å²) in [6.07, 6.45) is 4.22. The van der Waals surface area contributed by atoms with Crippen LogP contribution in [-0.2, 0) is 10.8 Å². The first kappa shape index (κ1) is 33.1. The molecule has 0 spiro atoms. The predicted molar refractivity (Wildman–Crippen MR) is 178 cm³/mol. The number of rotatable bonds is 11. The first-order valence-electron chi connectivity index (χ1n) is 14.3. The van der Waals surface area contributed by atoms with Crippen molar-refractivity contribution in [1.29, 1.82) is 0 Å². The summed E-state index contributed by atoms with van der Waals surface area (Å²) in [5.41, 5.74) is 1.83. The minimum absolute atomic E-state index is 0.0996. The number of hydrogen-bond acceptors (Lipinski definition) is 4. The monoisotopic (exact) mass is 660 g/mol. The highest BCUT2D eigenvalue weighted by Gasteiger charge is 2.47. The van der Waals surface area contributed by atoms with Crippen LogP contribution in [0, 0.1) is 5.92 Å². The van der Waals surface area contributed by atoms with E-state index in [1.54, 1.807) is 48.5 Å². The average molecular weight is 662 g/mol. The van der Waals surface area contributed by atoms with Gasteiger partial charge in [-0.05, 0) is 89.5 Å². The molecule has 0 saturated heterocycles. The van der Waals surface area contributed by atoms with Crippen molar-refractivity contribution in [2.75, 3.05) is 0 Å². The Bertz CT molecular complexity index is 1420. The molecule has 43 heavy (non-hydrogen) atoms. The van der Waals surface area contributed by atoms with E-state index >= 15 is 0 Å². The second-order valence-corrected chi connectivity index (χ2v) is 13.0. The van der Waals surface area contributed by atoms with Crippen molar-refractivity contribution in [2.45, 2.75) is 63.7 Å². The van der Waals surface area contributed by atoms with Crippen molar-refractivity contribution in [3.05, 3.63) is 115 Å². The van der Waals surface area contributed by atoms with Crippen LogP contribution >= 0.6 is 46.4 Å². The summed E-state index contributed by atoms with van der Waals surface area (Å²) in [6.45, 7) is 6.39. The van der Waals surface area contributed by atoms with Gasteiger partial charge >= 0.3 is 0 Å². The van der Waals surface area contributed by atoms with E-state index in [4.69, 9.17) is 46.4 Å². The first-order valence-corrected chi connectivity index (χ1v) is 15.8. The molecule has 0 aliphatic rings. The van der Waals surface area contributed by atoms with Crippen molar-refractivity contribution < 1.29 is 20.4 Å². The largest absolute Gasteiger partial charge is 0.508 e. The van der Waals surface area contributed by atoms with E-state index in [1.807, 2.05) is 31.2 Å². The highest BCUT2D eigenvalue weighted by Crippen LogP contribution is 2.55. The van der Waals surface area contributed by atoms with Gasteiger partial charge in [0.15, 0.2) is 11.5 Å². The van der Waals surface area contributed by atoms with E-state index in [2.05, 4.69) is 13.8 Å². The molecule has 4 aromatic carbocycles. The van der Waals surface area contributed by atoms with Gasteiger partial charge in [-0.1, -0.05) is 111 Å². The van der Waals surface area contributed by atoms with Crippen LogP contribution in [0.15, 0.2) is 72.8 Å². The van der Waals surface area contributed by atoms with Gasteiger partial charge in [-0.25, -0.2) is 0 Å². The molecule has 0 amide bonds. The van der Waals surface area contributed by atoms with Crippen molar-refractivity contribution in [1.82, 2.24) is 0 Å². The SMILES string of the molecule is CCCCC(CC)C(CC(C)(c1cc(Cl)c(O)c(Cl)c1)c1cc(Cl)c(O)c(Cl)c1)(c1ccc(O)cc1)c1ccc(O)cc1. The lowest BCUT2D eigenvalue weighted by atomic mass is 9.55. The second kappa shape index (κ2) is 13.5. The number of aromatic hydroxyl groups is 4. The van der Waals surface area contributed by atoms with Gasteiger partial charge < -0.3 is 20.4 Å². The van der Waals surface area contributed by atoms with Gasteiger partial charge in [0.2, 0.25) is 0 Å². The summed E-state index contributed by atoms with van der Waals surface area (Å²) in [4.78, 5) is 0. The Morgan fingerprint density at radius 3 is 1.30 bits per heavy atom. The molecular weight excluding hydrogens is 626 g/mol. The number of halogens is 4. The van der Waals surface area contributed by atoms with Crippen molar-refractivity contribution in [2.24, 2.45) is 5.92 Å². The van der Waals surface area contributed by atoms with Crippen molar-refractivity contribution in [3.63, 3.8) is 0 Å². The second-order valence-electron chi connectivity index (χ2n) is 11.4. The van der Waals surface area contributed by atoms with E-state index in [9.17, 15) is 20.4 Å². The van der Waals surface area contributed by atoms with Gasteiger partial charge in [0.25, 0.3) is 0 Å². The number of hydrogen-bond donors (Lipinski definition) is 4. The average Bonchev–Trinajstić information content (AvgIpc) is 2.98. The van der Waals surface area contributed by atoms with Gasteiger partial charge in [0.1, 0.15) is 11.5 Å². The molecule has 1 unspecified atom stereocenters. The number of benzene rings is 4. The molecule has 0 aromatic heterocycles. The topological polar surface area (TPSA) is 80.9 Å². The van der Waals surface area contributed by atoms with Crippen LogP contribution in [0.25, 0.3) is 0 Å². The lowest BCUT2D eigenvalue weighted by Crippen LogP contribution is -2.43. The quantitative estimate of drug-likeness (QED) is 0.129. The highest BCUT2D eigenvalue weighted by molar-refractivity contribution is 6.37. The first-order chi connectivity index (χ1) is 20.4. The highest BCUT2D eigenvalue weighted by atomic mass is 35.5. The number of phenolic OH excluding ortho intramolecular Hbond substituents is 4. The number of phenols is 4. The Labute approximate surface area is 273 Å². The minimum Gasteiger partial charge on any atom is -0.508 e. The standard InChI is InChI=1S/C35H36Cl4O4/c1-4-6-7-21(5-2)35(22-8-12-26(40)13-9-22,23-10-14-27(41)15-11-23)20-34(3,24-16-28(36)32(42)29(37)17-24)25-18-30(38)33(43)31(39)19-25/h8-19,21,40-43H,4-7,20H2,1-3H3. The third kappa shape index (κ3) is 6.54. The van der Waals surface area contributed by atoms with E-state index in [0.717, 1.165) is 36.8 Å². The number of unbranched alkanes of at least 4 members (excludes halogenated alkanes) is 1. The van der Waals surface area contributed by atoms with Gasteiger partial charge in [-0.15, -0.1) is 0 Å². The molecule has 1 atom stereocenters. The summed E-state index contributed by atoms with van der Waals surface area (Å²) < 4.78 is 0. The summed E-state index contributed by atoms with van der Waals surface area (Å²) in [7, 11) is 0. The Morgan fingerprint density at radius 2 is 0.977 bits per heavy atom. The van der Waals surface area contributed by atoms with Crippen LogP contribution in [0.2, 0.25) is 20.1 Å². The Kier molecular flexibility index (Phi) is 10.4. The molecule has 4 rings (SSSR count). The molecule has 0 fully saturated rings. The summed E-state index contributed by atoms with van der Waals surface area (Å²) in [5.74, 6) is -0.00125. The molecular formula is C35H36Cl4O4. The van der Waals surface area contributed by atoms with E-state index in [0.29, 0.717) is 17.5 Å². The summed E-state index contributed by atoms with van der Waals surface area (Å²) >= 11 is 26.1. The summed E-state index contributed by atoms with van der Waals surface area (Å²) in [6, 6.07) is 21.4. The third-order valence-corrected chi connectivity index (χ3v) is 9.95. The lowest BCUT2D eigenvalue weighted by Gasteiger charge is -2.48. The maximum absolute atomic E-state index is 10.5. The summed E-state index contributed by atoms with van der Waals surface area (Å²) in [5, 5.41) is 41.9. The van der Waals surface area contributed by atoms with E-state index in [-0.39, 0.29) is 49.0 Å². The van der Waals surface area contributed by atoms with E-state index < -0.39 is 10.8 Å². The van der Waals surface area contributed by atoms with Crippen LogP contribution in [0.5, 0.6) is 23.0 Å². The third-order valence-electron chi connectivity index (χ3n) is 8.80. The van der Waals surface area contributed by atoms with Crippen molar-refractivity contribution in [3.8, 4) is 23.0 Å². The molecule has 8 heteroatoms. The molecule has 4 aromatic rings. The lowest BCUT2D eigenvalue weighted by molar-refractivity contribution is 0.232. The fourth-order valence-electron chi connectivity index (χ4n) is 6.45. The molecule has 0 aliphatic heterocycles. The fourth-order valence-corrected chi connectivity index (χ4v) is 7.42. The zero-order chi connectivity index (χ0) is 31.5. The van der Waals surface area contributed by atoms with Crippen LogP contribution in [0.3, 0.4) is 0 Å². The smallest absolute Gasteiger partial charge is 0.152 e. The van der Waals surface area contributed by atoms with E-state index in [1.165, 1.54) is 0 Å². The zero-order valence-electron chi connectivity index (χ0n) is 24.3. The molecule has 0 radical (unpaired) electrons. The maximum Gasteiger partial charge on any atom is 0.152 e. The van der Waals surface area contributed by atoms with Crippen molar-refractivity contribution >= 4 is 46.4 Å². The fraction of sp³-hybridized carbons (Fsp3) is 0.314. The molecule has 0 saturated carbocycles. The van der Waals surface area contributed by atoms with Gasteiger partial charge in [-0.2, -0.15) is 0 Å². The molecule has 228 valence electrons. The molecule has 0 bridgehead atoms. The van der Waals surface area contributed by atoms with Gasteiger partial charge in [0, 0.05) is 10.8 Å². The van der Waals surface area contributed by atoms with Gasteiger partial charge in [-0.3, -0.25) is 0 Å². The molecule has 4 nitrogen and oxygen atoms in total. The molecule has 0 aliphatic carbocycles. The Morgan fingerprint density at radius 1 is 0.605 bits per heavy atom. The van der Waals surface area contributed by atoms with Crippen LogP contribution < -0.4 is 0 Å².